The van der Waals surface area contributed by atoms with Crippen molar-refractivity contribution < 1.29 is 0 Å². The second-order valence-corrected chi connectivity index (χ2v) is 8.56. The highest BCUT2D eigenvalue weighted by molar-refractivity contribution is 6.00. The lowest BCUT2D eigenvalue weighted by Crippen LogP contribution is -2.16. The monoisotopic (exact) mass is 441 g/mol. The van der Waals surface area contributed by atoms with E-state index in [0.717, 1.165) is 38.9 Å². The first-order valence-electron chi connectivity index (χ1n) is 11.5. The number of H-pyrrole nitrogens is 1. The molecule has 6 rings (SSSR count). The van der Waals surface area contributed by atoms with Crippen molar-refractivity contribution in [3.8, 4) is 11.1 Å². The van der Waals surface area contributed by atoms with Crippen LogP contribution in [-0.4, -0.2) is 14.6 Å². The van der Waals surface area contributed by atoms with Gasteiger partial charge in [0.2, 0.25) is 0 Å². The van der Waals surface area contributed by atoms with Gasteiger partial charge in [-0.25, -0.2) is 9.50 Å². The Bertz CT molecular complexity index is 1660. The molecule has 0 amide bonds. The van der Waals surface area contributed by atoms with Gasteiger partial charge in [0, 0.05) is 30.2 Å². The number of nitrogens with one attached hydrogen (secondary N) is 1. The average molecular weight is 442 g/mol. The summed E-state index contributed by atoms with van der Waals surface area (Å²) < 4.78 is 1.59. The molecule has 0 fully saturated rings. The van der Waals surface area contributed by atoms with Gasteiger partial charge in [0.05, 0.1) is 5.69 Å². The van der Waals surface area contributed by atoms with Crippen molar-refractivity contribution in [1.29, 1.82) is 0 Å². The average Bonchev–Trinajstić information content (AvgIpc) is 3.23. The van der Waals surface area contributed by atoms with Crippen molar-refractivity contribution in [2.75, 3.05) is 0 Å². The first-order valence-corrected chi connectivity index (χ1v) is 11.5. The molecule has 0 saturated carbocycles. The fraction of sp³-hybridized carbons (Fsp3) is 0.0667. The molecule has 0 aliphatic carbocycles. The Balaban J connectivity index is 1.60. The molecule has 0 spiro atoms. The Labute approximate surface area is 197 Å². The van der Waals surface area contributed by atoms with Gasteiger partial charge in [-0.3, -0.25) is 9.89 Å². The quantitative estimate of drug-likeness (QED) is 0.355. The highest BCUT2D eigenvalue weighted by Crippen LogP contribution is 2.34. The van der Waals surface area contributed by atoms with Crippen molar-refractivity contribution in [2.24, 2.45) is 0 Å². The zero-order chi connectivity index (χ0) is 22.9. The molecule has 0 saturated heterocycles. The van der Waals surface area contributed by atoms with Gasteiger partial charge in [0.25, 0.3) is 5.56 Å². The van der Waals surface area contributed by atoms with Gasteiger partial charge in [-0.15, -0.1) is 0 Å². The van der Waals surface area contributed by atoms with E-state index in [1.54, 1.807) is 10.6 Å². The van der Waals surface area contributed by atoms with E-state index in [4.69, 9.17) is 4.98 Å². The first kappa shape index (κ1) is 20.2. The van der Waals surface area contributed by atoms with Gasteiger partial charge in [-0.05, 0) is 27.5 Å². The Morgan fingerprint density at radius 2 is 1.35 bits per heavy atom. The molecule has 2 heterocycles. The van der Waals surface area contributed by atoms with Gasteiger partial charge < -0.3 is 0 Å². The number of rotatable bonds is 5. The van der Waals surface area contributed by atoms with E-state index >= 15 is 0 Å². The van der Waals surface area contributed by atoms with E-state index < -0.39 is 0 Å². The van der Waals surface area contributed by atoms with Crippen molar-refractivity contribution in [2.45, 2.75) is 12.8 Å². The van der Waals surface area contributed by atoms with Crippen molar-refractivity contribution >= 4 is 16.4 Å². The molecule has 1 N–H and O–H groups in total. The summed E-state index contributed by atoms with van der Waals surface area (Å²) in [6.45, 7) is 0. The summed E-state index contributed by atoms with van der Waals surface area (Å²) in [4.78, 5) is 18.2. The van der Waals surface area contributed by atoms with Crippen LogP contribution in [0.4, 0.5) is 0 Å². The molecule has 4 nitrogen and oxygen atoms in total. The normalized spacial score (nSPS) is 11.3. The molecule has 34 heavy (non-hydrogen) atoms. The van der Waals surface area contributed by atoms with Gasteiger partial charge in [-0.1, -0.05) is 103 Å². The maximum atomic E-state index is 13.2. The minimum atomic E-state index is -0.100. The van der Waals surface area contributed by atoms with Gasteiger partial charge >= 0.3 is 0 Å². The second-order valence-electron chi connectivity index (χ2n) is 8.56. The molecular weight excluding hydrogens is 418 g/mol. The molecule has 4 heteroatoms. The highest BCUT2D eigenvalue weighted by atomic mass is 16.1. The van der Waals surface area contributed by atoms with Crippen LogP contribution in [0.1, 0.15) is 22.5 Å². The molecule has 6 aromatic rings. The van der Waals surface area contributed by atoms with Crippen molar-refractivity contribution in [3.63, 3.8) is 0 Å². The summed E-state index contributed by atoms with van der Waals surface area (Å²) in [6, 6.07) is 36.7. The minimum Gasteiger partial charge on any atom is -0.293 e. The largest absolute Gasteiger partial charge is 0.293 e. The molecule has 0 atom stereocenters. The SMILES string of the molecule is O=c1cc(Cc2ccccc2)nc2c(-c3cccc4ccccc34)c(Cc3ccccc3)[nH]n12. The lowest BCUT2D eigenvalue weighted by Gasteiger charge is -2.09. The minimum absolute atomic E-state index is 0.100. The topological polar surface area (TPSA) is 50.2 Å². The van der Waals surface area contributed by atoms with E-state index in [1.807, 2.05) is 42.5 Å². The Morgan fingerprint density at radius 1 is 0.706 bits per heavy atom. The van der Waals surface area contributed by atoms with Crippen LogP contribution < -0.4 is 5.56 Å². The van der Waals surface area contributed by atoms with E-state index in [1.165, 1.54) is 5.56 Å². The Kier molecular flexibility index (Phi) is 5.04. The summed E-state index contributed by atoms with van der Waals surface area (Å²) in [6.07, 6.45) is 1.29. The fourth-order valence-corrected chi connectivity index (χ4v) is 4.68. The number of hydrogen-bond acceptors (Lipinski definition) is 2. The number of aromatic amines is 1. The van der Waals surface area contributed by atoms with Crippen LogP contribution in [0.3, 0.4) is 0 Å². The lowest BCUT2D eigenvalue weighted by molar-refractivity contribution is 0.853. The maximum absolute atomic E-state index is 13.2. The smallest absolute Gasteiger partial charge is 0.272 e. The van der Waals surface area contributed by atoms with Gasteiger partial charge in [0.1, 0.15) is 0 Å². The molecule has 0 aliphatic heterocycles. The summed E-state index contributed by atoms with van der Waals surface area (Å²) >= 11 is 0. The number of fused-ring (bicyclic) bond motifs is 2. The summed E-state index contributed by atoms with van der Waals surface area (Å²) in [5.41, 5.74) is 6.67. The Hall–Kier alpha value is -4.44. The second kappa shape index (κ2) is 8.49. The van der Waals surface area contributed by atoms with Crippen LogP contribution in [0.2, 0.25) is 0 Å². The summed E-state index contributed by atoms with van der Waals surface area (Å²) in [5, 5.41) is 5.68. The van der Waals surface area contributed by atoms with Crippen LogP contribution in [0, 0.1) is 0 Å². The fourth-order valence-electron chi connectivity index (χ4n) is 4.68. The summed E-state index contributed by atoms with van der Waals surface area (Å²) in [7, 11) is 0. The van der Waals surface area contributed by atoms with Crippen LogP contribution >= 0.6 is 0 Å². The predicted octanol–water partition coefficient (Wildman–Crippen LogP) is 6.02. The van der Waals surface area contributed by atoms with Gasteiger partial charge in [0.15, 0.2) is 5.65 Å². The van der Waals surface area contributed by atoms with Crippen LogP contribution in [0.5, 0.6) is 0 Å². The van der Waals surface area contributed by atoms with Crippen molar-refractivity contribution in [1.82, 2.24) is 14.6 Å². The zero-order valence-electron chi connectivity index (χ0n) is 18.6. The van der Waals surface area contributed by atoms with Crippen molar-refractivity contribution in [3.05, 3.63) is 142 Å². The standard InChI is InChI=1S/C30H23N3O/c34-28-20-24(18-21-10-3-1-4-11-21)31-30-29(26-17-9-15-23-14-7-8-16-25(23)26)27(32-33(28)30)19-22-12-5-2-6-13-22/h1-17,20,32H,18-19H2. The van der Waals surface area contributed by atoms with Gasteiger partial charge in [-0.2, -0.15) is 0 Å². The number of hydrogen-bond donors (Lipinski definition) is 1. The molecule has 164 valence electrons. The number of nitrogens with zero attached hydrogens (tertiary/aromatic N) is 2. The number of benzene rings is 4. The zero-order valence-corrected chi connectivity index (χ0v) is 18.6. The third kappa shape index (κ3) is 3.69. The first-order chi connectivity index (χ1) is 16.8. The maximum Gasteiger partial charge on any atom is 0.272 e. The van der Waals surface area contributed by atoms with E-state index in [9.17, 15) is 4.79 Å². The molecule has 0 bridgehead atoms. The Morgan fingerprint density at radius 3 is 2.12 bits per heavy atom. The van der Waals surface area contributed by atoms with E-state index in [0.29, 0.717) is 18.5 Å². The number of aromatic nitrogens is 3. The molecule has 2 aromatic heterocycles. The molecular formula is C30H23N3O. The highest BCUT2D eigenvalue weighted by Gasteiger charge is 2.19. The molecule has 4 aromatic carbocycles. The molecule has 0 unspecified atom stereocenters. The lowest BCUT2D eigenvalue weighted by atomic mass is 9.96. The third-order valence-electron chi connectivity index (χ3n) is 6.25. The van der Waals surface area contributed by atoms with Crippen LogP contribution in [0.15, 0.2) is 114 Å². The molecule has 0 aliphatic rings. The predicted molar refractivity (Wildman–Crippen MR) is 137 cm³/mol. The van der Waals surface area contributed by atoms with Crippen LogP contribution in [0.25, 0.3) is 27.5 Å². The van der Waals surface area contributed by atoms with E-state index in [-0.39, 0.29) is 5.56 Å². The van der Waals surface area contributed by atoms with E-state index in [2.05, 4.69) is 65.8 Å². The molecule has 0 radical (unpaired) electrons. The summed E-state index contributed by atoms with van der Waals surface area (Å²) in [5.74, 6) is 0. The third-order valence-corrected chi connectivity index (χ3v) is 6.25. The van der Waals surface area contributed by atoms with Crippen LogP contribution in [-0.2, 0) is 12.8 Å².